The normalized spacial score (nSPS) is 13.3. The molecular weight excluding hydrogens is 833 g/mol. The smallest absolute Gasteiger partial charge is 0.132 e. The van der Waals surface area contributed by atoms with Crippen LogP contribution in [0.5, 0.6) is 11.5 Å². The summed E-state index contributed by atoms with van der Waals surface area (Å²) in [7, 11) is 0. The van der Waals surface area contributed by atoms with Gasteiger partial charge in [-0.2, -0.15) is 0 Å². The Bertz CT molecular complexity index is 4180. The maximum absolute atomic E-state index is 6.81. The Morgan fingerprint density at radius 1 is 0.373 bits per heavy atom. The first kappa shape index (κ1) is 36.9. The minimum Gasteiger partial charge on any atom is -0.457 e. The highest BCUT2D eigenvalue weighted by molar-refractivity contribution is 7.25. The Hall–Kier alpha value is -8.44. The topological polar surface area (TPSA) is 17.4 Å². The SMILES string of the molecule is c1ccc2c(c1)Oc1ccccc1C21c2cc(N(c3ccc4c(c3)sc3ccccc34)c3ccc4c5ccccc5n(-c5cccc6ccccc56)c4c3)ccc2-c2cccc3cccc1c23. The molecule has 0 fully saturated rings. The lowest BCUT2D eigenvalue weighted by Gasteiger charge is -2.45. The Balaban J connectivity index is 1.05. The van der Waals surface area contributed by atoms with Crippen molar-refractivity contribution in [3.8, 4) is 28.3 Å². The number of benzene rings is 11. The Kier molecular flexibility index (Phi) is 7.58. The second kappa shape index (κ2) is 13.8. The molecule has 0 radical (unpaired) electrons. The van der Waals surface area contributed by atoms with Gasteiger partial charge in [0.2, 0.25) is 0 Å². The minimum absolute atomic E-state index is 0.670. The molecule has 1 aliphatic heterocycles. The molecule has 1 aliphatic carbocycles. The molecule has 11 aromatic carbocycles. The van der Waals surface area contributed by atoms with Crippen LogP contribution in [-0.4, -0.2) is 4.57 Å². The van der Waals surface area contributed by atoms with Crippen LogP contribution < -0.4 is 9.64 Å². The second-order valence-corrected chi connectivity index (χ2v) is 19.0. The lowest BCUT2D eigenvalue weighted by atomic mass is 9.58. The number of thiophene rings is 1. The molecule has 0 atom stereocenters. The predicted octanol–water partition coefficient (Wildman–Crippen LogP) is 17.4. The summed E-state index contributed by atoms with van der Waals surface area (Å²) in [5, 5.41) is 9.98. The number of fused-ring (bicyclic) bond motifs is 15. The van der Waals surface area contributed by atoms with Gasteiger partial charge in [0.15, 0.2) is 0 Å². The maximum Gasteiger partial charge on any atom is 0.132 e. The molecule has 4 heteroatoms. The summed E-state index contributed by atoms with van der Waals surface area (Å²) in [6.45, 7) is 0. The van der Waals surface area contributed by atoms with Crippen LogP contribution in [-0.2, 0) is 5.41 Å². The number of aromatic nitrogens is 1. The molecule has 3 heterocycles. The van der Waals surface area contributed by atoms with Crippen LogP contribution in [0.15, 0.2) is 231 Å². The number of anilines is 3. The van der Waals surface area contributed by atoms with Gasteiger partial charge in [-0.25, -0.2) is 0 Å². The van der Waals surface area contributed by atoms with E-state index in [-0.39, 0.29) is 0 Å². The zero-order chi connectivity index (χ0) is 43.8. The molecule has 0 amide bonds. The summed E-state index contributed by atoms with van der Waals surface area (Å²) in [4.78, 5) is 2.49. The maximum atomic E-state index is 6.81. The molecular formula is C63H38N2OS. The van der Waals surface area contributed by atoms with Crippen molar-refractivity contribution in [2.24, 2.45) is 0 Å². The first-order valence-corrected chi connectivity index (χ1v) is 23.8. The molecule has 0 N–H and O–H groups in total. The number of para-hydroxylation sites is 3. The largest absolute Gasteiger partial charge is 0.457 e. The van der Waals surface area contributed by atoms with E-state index >= 15 is 0 Å². The first-order chi connectivity index (χ1) is 33.2. The van der Waals surface area contributed by atoms with Gasteiger partial charge in [-0.1, -0.05) is 164 Å². The molecule has 13 aromatic rings. The molecule has 2 aliphatic rings. The third-order valence-corrected chi connectivity index (χ3v) is 15.7. The summed E-state index contributed by atoms with van der Waals surface area (Å²) in [6.07, 6.45) is 0. The van der Waals surface area contributed by atoms with Crippen molar-refractivity contribution in [1.82, 2.24) is 4.57 Å². The summed E-state index contributed by atoms with van der Waals surface area (Å²) >= 11 is 1.86. The number of hydrogen-bond donors (Lipinski definition) is 0. The first-order valence-electron chi connectivity index (χ1n) is 23.0. The van der Waals surface area contributed by atoms with E-state index in [0.717, 1.165) is 45.2 Å². The zero-order valence-electron chi connectivity index (χ0n) is 36.2. The third kappa shape index (κ3) is 5.05. The summed E-state index contributed by atoms with van der Waals surface area (Å²) in [5.41, 5.74) is 13.4. The summed E-state index contributed by atoms with van der Waals surface area (Å²) < 4.78 is 11.8. The van der Waals surface area contributed by atoms with E-state index in [9.17, 15) is 0 Å². The molecule has 2 aromatic heterocycles. The van der Waals surface area contributed by atoms with Crippen molar-refractivity contribution in [3.63, 3.8) is 0 Å². The molecule has 15 rings (SSSR count). The number of nitrogens with zero attached hydrogens (tertiary/aromatic N) is 2. The molecule has 312 valence electrons. The van der Waals surface area contributed by atoms with E-state index in [1.54, 1.807) is 0 Å². The van der Waals surface area contributed by atoms with Crippen molar-refractivity contribution >= 4 is 91.9 Å². The van der Waals surface area contributed by atoms with Crippen LogP contribution in [0.3, 0.4) is 0 Å². The summed E-state index contributed by atoms with van der Waals surface area (Å²) in [5.74, 6) is 1.76. The number of rotatable bonds is 4. The fraction of sp³-hybridized carbons (Fsp3) is 0.0159. The van der Waals surface area contributed by atoms with Crippen molar-refractivity contribution in [2.75, 3.05) is 4.90 Å². The molecule has 0 unspecified atom stereocenters. The number of hydrogen-bond acceptors (Lipinski definition) is 3. The Morgan fingerprint density at radius 2 is 0.955 bits per heavy atom. The third-order valence-electron chi connectivity index (χ3n) is 14.6. The highest BCUT2D eigenvalue weighted by Crippen LogP contribution is 2.62. The van der Waals surface area contributed by atoms with Crippen LogP contribution in [0.2, 0.25) is 0 Å². The van der Waals surface area contributed by atoms with Crippen molar-refractivity contribution in [3.05, 3.63) is 253 Å². The van der Waals surface area contributed by atoms with Crippen LogP contribution in [0.1, 0.15) is 22.3 Å². The number of ether oxygens (including phenoxy) is 1. The van der Waals surface area contributed by atoms with Crippen LogP contribution in [0, 0.1) is 0 Å². The van der Waals surface area contributed by atoms with Crippen molar-refractivity contribution in [2.45, 2.75) is 5.41 Å². The van der Waals surface area contributed by atoms with E-state index in [4.69, 9.17) is 4.74 Å². The fourth-order valence-corrected chi connectivity index (χ4v) is 13.0. The van der Waals surface area contributed by atoms with Gasteiger partial charge in [0.25, 0.3) is 0 Å². The molecule has 3 nitrogen and oxygen atoms in total. The standard InChI is InChI=1S/C63H38N2OS/c1-2-18-44-39(14-1)15-13-26-55(44)65-56-25-7-3-19-46(56)47-34-31-42(37-57(47)65)64(43-32-35-49-48-20-4-10-29-60(48)67-61(49)38-43)41-30-33-45-50-21-11-16-40-17-12-24-53(62(40)50)63(54(45)36-41)51-22-5-8-27-58(51)66-59-28-9-6-23-52(59)63/h1-38H. The molecule has 1 spiro atoms. The van der Waals surface area contributed by atoms with Gasteiger partial charge in [0.1, 0.15) is 11.5 Å². The second-order valence-electron chi connectivity index (χ2n) is 17.9. The van der Waals surface area contributed by atoms with E-state index in [1.165, 1.54) is 85.9 Å². The van der Waals surface area contributed by atoms with Gasteiger partial charge in [-0.15, -0.1) is 11.3 Å². The highest BCUT2D eigenvalue weighted by Gasteiger charge is 2.49. The van der Waals surface area contributed by atoms with Gasteiger partial charge in [-0.05, 0) is 105 Å². The van der Waals surface area contributed by atoms with Gasteiger partial charge >= 0.3 is 0 Å². The summed E-state index contributed by atoms with van der Waals surface area (Å²) in [6, 6.07) is 85.3. The minimum atomic E-state index is -0.670. The molecule has 0 bridgehead atoms. The van der Waals surface area contributed by atoms with E-state index in [0.29, 0.717) is 0 Å². The molecule has 0 saturated heterocycles. The van der Waals surface area contributed by atoms with E-state index in [2.05, 4.69) is 240 Å². The van der Waals surface area contributed by atoms with Crippen molar-refractivity contribution in [1.29, 1.82) is 0 Å². The lowest BCUT2D eigenvalue weighted by molar-refractivity contribution is 0.435. The average Bonchev–Trinajstić information content (AvgIpc) is 3.92. The van der Waals surface area contributed by atoms with Gasteiger partial charge in [0, 0.05) is 64.5 Å². The zero-order valence-corrected chi connectivity index (χ0v) is 37.0. The Labute approximate surface area is 390 Å². The Morgan fingerprint density at radius 3 is 1.81 bits per heavy atom. The van der Waals surface area contributed by atoms with Crippen LogP contribution >= 0.6 is 11.3 Å². The van der Waals surface area contributed by atoms with Crippen molar-refractivity contribution < 1.29 is 4.74 Å². The van der Waals surface area contributed by atoms with E-state index in [1.807, 2.05) is 11.3 Å². The van der Waals surface area contributed by atoms with Gasteiger partial charge in [0.05, 0.1) is 22.1 Å². The van der Waals surface area contributed by atoms with Crippen LogP contribution in [0.25, 0.3) is 80.3 Å². The average molecular weight is 871 g/mol. The monoisotopic (exact) mass is 870 g/mol. The highest BCUT2D eigenvalue weighted by atomic mass is 32.1. The predicted molar refractivity (Wildman–Crippen MR) is 281 cm³/mol. The molecule has 0 saturated carbocycles. The lowest BCUT2D eigenvalue weighted by Crippen LogP contribution is -2.36. The quantitative estimate of drug-likeness (QED) is 0.175. The van der Waals surface area contributed by atoms with E-state index < -0.39 is 5.41 Å². The van der Waals surface area contributed by atoms with Gasteiger partial charge in [-0.3, -0.25) is 0 Å². The fourth-order valence-electron chi connectivity index (χ4n) is 11.9. The molecule has 67 heavy (non-hydrogen) atoms. The van der Waals surface area contributed by atoms with Crippen LogP contribution in [0.4, 0.5) is 17.1 Å². The van der Waals surface area contributed by atoms with Gasteiger partial charge < -0.3 is 14.2 Å².